The SMILES string of the molecule is CC1(C)CC(=O)C2=C(C1)NC(=O)N[C@H]2c1ccccc1. The van der Waals surface area contributed by atoms with Crippen LogP contribution in [0.15, 0.2) is 41.6 Å². The van der Waals surface area contributed by atoms with Crippen molar-refractivity contribution in [3.8, 4) is 0 Å². The Balaban J connectivity index is 2.07. The number of hydrogen-bond acceptors (Lipinski definition) is 2. The van der Waals surface area contributed by atoms with Crippen molar-refractivity contribution in [2.24, 2.45) is 5.41 Å². The van der Waals surface area contributed by atoms with Gasteiger partial charge in [0.1, 0.15) is 0 Å². The minimum atomic E-state index is -0.330. The molecule has 0 saturated heterocycles. The van der Waals surface area contributed by atoms with Gasteiger partial charge in [0.15, 0.2) is 5.78 Å². The molecule has 0 spiro atoms. The Morgan fingerprint density at radius 1 is 1.10 bits per heavy atom. The second-order valence-electron chi connectivity index (χ2n) is 6.28. The third kappa shape index (κ3) is 2.22. The van der Waals surface area contributed by atoms with Gasteiger partial charge in [-0.3, -0.25) is 4.79 Å². The normalized spacial score (nSPS) is 24.8. The zero-order valence-corrected chi connectivity index (χ0v) is 11.7. The Labute approximate surface area is 118 Å². The first-order valence-corrected chi connectivity index (χ1v) is 6.85. The third-order valence-electron chi connectivity index (χ3n) is 3.88. The van der Waals surface area contributed by atoms with Crippen molar-refractivity contribution in [3.05, 3.63) is 47.2 Å². The molecule has 1 aromatic carbocycles. The van der Waals surface area contributed by atoms with Gasteiger partial charge in [0, 0.05) is 17.7 Å². The van der Waals surface area contributed by atoms with Gasteiger partial charge >= 0.3 is 6.03 Å². The molecule has 20 heavy (non-hydrogen) atoms. The van der Waals surface area contributed by atoms with Crippen LogP contribution < -0.4 is 10.6 Å². The minimum Gasteiger partial charge on any atom is -0.327 e. The largest absolute Gasteiger partial charge is 0.327 e. The number of carbonyl (C=O) groups is 2. The molecule has 1 aliphatic carbocycles. The first-order valence-electron chi connectivity index (χ1n) is 6.85. The lowest BCUT2D eigenvalue weighted by molar-refractivity contribution is -0.118. The van der Waals surface area contributed by atoms with E-state index in [0.29, 0.717) is 6.42 Å². The van der Waals surface area contributed by atoms with Crippen molar-refractivity contribution in [2.75, 3.05) is 0 Å². The van der Waals surface area contributed by atoms with Gasteiger partial charge in [0.25, 0.3) is 0 Å². The van der Waals surface area contributed by atoms with E-state index in [9.17, 15) is 9.59 Å². The molecule has 3 rings (SSSR count). The number of urea groups is 1. The summed E-state index contributed by atoms with van der Waals surface area (Å²) in [6.45, 7) is 4.11. The zero-order valence-electron chi connectivity index (χ0n) is 11.7. The lowest BCUT2D eigenvalue weighted by atomic mass is 9.73. The van der Waals surface area contributed by atoms with Crippen LogP contribution in [0, 0.1) is 5.41 Å². The molecule has 0 bridgehead atoms. The average molecular weight is 270 g/mol. The highest BCUT2D eigenvalue weighted by atomic mass is 16.2. The molecule has 4 heteroatoms. The number of benzene rings is 1. The predicted molar refractivity (Wildman–Crippen MR) is 75.9 cm³/mol. The molecule has 0 aromatic heterocycles. The summed E-state index contributed by atoms with van der Waals surface area (Å²) in [4.78, 5) is 24.3. The van der Waals surface area contributed by atoms with Crippen LogP contribution in [0.3, 0.4) is 0 Å². The number of carbonyl (C=O) groups excluding carboxylic acids is 2. The van der Waals surface area contributed by atoms with E-state index in [-0.39, 0.29) is 23.3 Å². The Kier molecular flexibility index (Phi) is 2.89. The summed E-state index contributed by atoms with van der Waals surface area (Å²) >= 11 is 0. The highest BCUT2D eigenvalue weighted by molar-refractivity contribution is 6.01. The molecule has 0 saturated carbocycles. The van der Waals surface area contributed by atoms with E-state index in [1.54, 1.807) is 0 Å². The van der Waals surface area contributed by atoms with Crippen LogP contribution >= 0.6 is 0 Å². The Bertz CT molecular complexity index is 602. The van der Waals surface area contributed by atoms with Gasteiger partial charge in [0.2, 0.25) is 0 Å². The monoisotopic (exact) mass is 270 g/mol. The topological polar surface area (TPSA) is 58.2 Å². The van der Waals surface area contributed by atoms with Gasteiger partial charge in [-0.05, 0) is 17.4 Å². The summed E-state index contributed by atoms with van der Waals surface area (Å²) in [7, 11) is 0. The number of amides is 2. The van der Waals surface area contributed by atoms with Crippen LogP contribution in [0.4, 0.5) is 4.79 Å². The highest BCUT2D eigenvalue weighted by Crippen LogP contribution is 2.41. The molecule has 2 N–H and O–H groups in total. The number of hydrogen-bond donors (Lipinski definition) is 2. The van der Waals surface area contributed by atoms with Crippen molar-refractivity contribution in [3.63, 3.8) is 0 Å². The van der Waals surface area contributed by atoms with E-state index in [1.807, 2.05) is 30.3 Å². The first-order chi connectivity index (χ1) is 9.46. The summed E-state index contributed by atoms with van der Waals surface area (Å²) in [6, 6.07) is 9.07. The molecule has 0 radical (unpaired) electrons. The van der Waals surface area contributed by atoms with Gasteiger partial charge in [-0.15, -0.1) is 0 Å². The molecule has 1 aliphatic heterocycles. The fourth-order valence-electron chi connectivity index (χ4n) is 3.05. The smallest absolute Gasteiger partial charge is 0.319 e. The quantitative estimate of drug-likeness (QED) is 0.824. The molecule has 104 valence electrons. The summed E-state index contributed by atoms with van der Waals surface area (Å²) in [6.07, 6.45) is 1.25. The first kappa shape index (κ1) is 12.9. The highest BCUT2D eigenvalue weighted by Gasteiger charge is 2.40. The van der Waals surface area contributed by atoms with E-state index in [1.165, 1.54) is 0 Å². The van der Waals surface area contributed by atoms with E-state index >= 15 is 0 Å². The van der Waals surface area contributed by atoms with Crippen LogP contribution in [0.1, 0.15) is 38.3 Å². The van der Waals surface area contributed by atoms with Gasteiger partial charge in [-0.1, -0.05) is 44.2 Å². The number of Topliss-reactive ketones (excluding diaryl/α,β-unsaturated/α-hetero) is 1. The number of ketones is 1. The second kappa shape index (κ2) is 4.47. The van der Waals surface area contributed by atoms with Crippen molar-refractivity contribution in [1.29, 1.82) is 0 Å². The second-order valence-corrected chi connectivity index (χ2v) is 6.28. The molecule has 1 heterocycles. The molecular weight excluding hydrogens is 252 g/mol. The zero-order chi connectivity index (χ0) is 14.3. The molecule has 2 amide bonds. The van der Waals surface area contributed by atoms with E-state index in [0.717, 1.165) is 23.3 Å². The van der Waals surface area contributed by atoms with Crippen LogP contribution in [0.2, 0.25) is 0 Å². The lowest BCUT2D eigenvalue weighted by Crippen LogP contribution is -2.48. The van der Waals surface area contributed by atoms with Crippen LogP contribution in [0.25, 0.3) is 0 Å². The van der Waals surface area contributed by atoms with Gasteiger partial charge in [-0.25, -0.2) is 4.79 Å². The standard InChI is InChI=1S/C16H18N2O2/c1-16(2)8-11-13(12(19)9-16)14(18-15(20)17-11)10-6-4-3-5-7-10/h3-7,14H,8-9H2,1-2H3,(H2,17,18,20)/t14-/m0/s1. The predicted octanol–water partition coefficient (Wildman–Crippen LogP) is 2.68. The Morgan fingerprint density at radius 2 is 1.80 bits per heavy atom. The van der Waals surface area contributed by atoms with Crippen molar-refractivity contribution < 1.29 is 9.59 Å². The van der Waals surface area contributed by atoms with Crippen molar-refractivity contribution >= 4 is 11.8 Å². The fraction of sp³-hybridized carbons (Fsp3) is 0.375. The summed E-state index contributed by atoms with van der Waals surface area (Å²) in [5.41, 5.74) is 2.35. The summed E-state index contributed by atoms with van der Waals surface area (Å²) < 4.78 is 0. The summed E-state index contributed by atoms with van der Waals surface area (Å²) in [5, 5.41) is 5.67. The van der Waals surface area contributed by atoms with Crippen LogP contribution in [-0.4, -0.2) is 11.8 Å². The fourth-order valence-corrected chi connectivity index (χ4v) is 3.05. The molecule has 4 nitrogen and oxygen atoms in total. The van der Waals surface area contributed by atoms with Crippen LogP contribution in [0.5, 0.6) is 0 Å². The van der Waals surface area contributed by atoms with Crippen molar-refractivity contribution in [1.82, 2.24) is 10.6 Å². The van der Waals surface area contributed by atoms with Gasteiger partial charge < -0.3 is 10.6 Å². The molecule has 1 aromatic rings. The van der Waals surface area contributed by atoms with Gasteiger partial charge in [0.05, 0.1) is 6.04 Å². The third-order valence-corrected chi connectivity index (χ3v) is 3.88. The number of rotatable bonds is 1. The Hall–Kier alpha value is -2.10. The van der Waals surface area contributed by atoms with E-state index in [2.05, 4.69) is 24.5 Å². The maximum Gasteiger partial charge on any atom is 0.319 e. The lowest BCUT2D eigenvalue weighted by Gasteiger charge is -2.38. The molecule has 1 atom stereocenters. The Morgan fingerprint density at radius 3 is 2.50 bits per heavy atom. The number of allylic oxidation sites excluding steroid dienone is 1. The molecular formula is C16H18N2O2. The van der Waals surface area contributed by atoms with E-state index < -0.39 is 0 Å². The molecule has 0 fully saturated rings. The van der Waals surface area contributed by atoms with Crippen molar-refractivity contribution in [2.45, 2.75) is 32.7 Å². The minimum absolute atomic E-state index is 0.0955. The maximum atomic E-state index is 12.5. The van der Waals surface area contributed by atoms with E-state index in [4.69, 9.17) is 0 Å². The number of nitrogens with one attached hydrogen (secondary N) is 2. The van der Waals surface area contributed by atoms with Gasteiger partial charge in [-0.2, -0.15) is 0 Å². The summed E-state index contributed by atoms with van der Waals surface area (Å²) in [5.74, 6) is 0.123. The maximum absolute atomic E-state index is 12.5. The molecule has 0 unspecified atom stereocenters. The van der Waals surface area contributed by atoms with Crippen LogP contribution in [-0.2, 0) is 4.79 Å². The molecule has 2 aliphatic rings. The average Bonchev–Trinajstić information content (AvgIpc) is 2.36.